The van der Waals surface area contributed by atoms with Crippen LogP contribution in [0.15, 0.2) is 42.5 Å². The van der Waals surface area contributed by atoms with Crippen LogP contribution >= 0.6 is 0 Å². The lowest BCUT2D eigenvalue weighted by Gasteiger charge is -2.07. The summed E-state index contributed by atoms with van der Waals surface area (Å²) in [5, 5.41) is 9.66. The largest absolute Gasteiger partial charge is 0.393 e. The Bertz CT molecular complexity index is 341. The van der Waals surface area contributed by atoms with E-state index in [0.29, 0.717) is 6.42 Å². The molecule has 0 saturated heterocycles. The van der Waals surface area contributed by atoms with E-state index in [0.717, 1.165) is 12.8 Å². The molecule has 1 aromatic carbocycles. The van der Waals surface area contributed by atoms with Gasteiger partial charge in [-0.05, 0) is 37.8 Å². The molecule has 0 bridgehead atoms. The first-order valence-electron chi connectivity index (χ1n) is 5.57. The first kappa shape index (κ1) is 12.7. The number of carbonyl (C=O) groups is 1. The van der Waals surface area contributed by atoms with E-state index in [1.807, 2.05) is 18.2 Å². The minimum atomic E-state index is -0.365. The van der Waals surface area contributed by atoms with Gasteiger partial charge in [-0.15, -0.1) is 0 Å². The molecule has 1 aromatic rings. The van der Waals surface area contributed by atoms with Crippen molar-refractivity contribution in [1.29, 1.82) is 0 Å². The fourth-order valence-electron chi connectivity index (χ4n) is 1.49. The van der Waals surface area contributed by atoms with Crippen LogP contribution in [0.1, 0.15) is 25.3 Å². The molecule has 0 fully saturated rings. The van der Waals surface area contributed by atoms with Gasteiger partial charge < -0.3 is 5.11 Å². The molecule has 86 valence electrons. The first-order valence-corrected chi connectivity index (χ1v) is 5.57. The zero-order chi connectivity index (χ0) is 11.8. The Morgan fingerprint density at radius 2 is 2.06 bits per heavy atom. The SMILES string of the molecule is CC(=O)/C=C/C[C@@H](O)CCc1ccccc1. The number of aliphatic hydroxyl groups is 1. The van der Waals surface area contributed by atoms with E-state index in [2.05, 4.69) is 12.1 Å². The number of rotatable bonds is 6. The lowest BCUT2D eigenvalue weighted by atomic mass is 10.0. The monoisotopic (exact) mass is 218 g/mol. The molecule has 2 heteroatoms. The minimum absolute atomic E-state index is 0.0234. The maximum absolute atomic E-state index is 10.6. The molecule has 0 aliphatic carbocycles. The number of hydrogen-bond donors (Lipinski definition) is 1. The van der Waals surface area contributed by atoms with Gasteiger partial charge in [0.15, 0.2) is 5.78 Å². The standard InChI is InChI=1S/C14H18O2/c1-12(15)6-5-9-14(16)11-10-13-7-3-2-4-8-13/h2-8,14,16H,9-11H2,1H3/b6-5+/t14-/m1/s1. The number of ketones is 1. The number of carbonyl (C=O) groups excluding carboxylic acids is 1. The molecule has 0 aliphatic heterocycles. The summed E-state index contributed by atoms with van der Waals surface area (Å²) >= 11 is 0. The van der Waals surface area contributed by atoms with Crippen LogP contribution in [0, 0.1) is 0 Å². The Balaban J connectivity index is 2.25. The van der Waals surface area contributed by atoms with Crippen LogP contribution in [0.2, 0.25) is 0 Å². The van der Waals surface area contributed by atoms with Crippen LogP contribution < -0.4 is 0 Å². The molecule has 16 heavy (non-hydrogen) atoms. The van der Waals surface area contributed by atoms with Crippen LogP contribution in [0.3, 0.4) is 0 Å². The fourth-order valence-corrected chi connectivity index (χ4v) is 1.49. The van der Waals surface area contributed by atoms with E-state index >= 15 is 0 Å². The molecule has 0 heterocycles. The molecule has 0 aliphatic rings. The van der Waals surface area contributed by atoms with Crippen LogP contribution in [0.25, 0.3) is 0 Å². The highest BCUT2D eigenvalue weighted by atomic mass is 16.3. The smallest absolute Gasteiger partial charge is 0.152 e. The Labute approximate surface area is 96.6 Å². The van der Waals surface area contributed by atoms with Crippen molar-refractivity contribution >= 4 is 5.78 Å². The van der Waals surface area contributed by atoms with Crippen molar-refractivity contribution in [3.8, 4) is 0 Å². The molecular formula is C14H18O2. The van der Waals surface area contributed by atoms with Crippen LogP contribution in [-0.4, -0.2) is 17.0 Å². The predicted octanol–water partition coefficient (Wildman–Crippen LogP) is 2.52. The van der Waals surface area contributed by atoms with Gasteiger partial charge >= 0.3 is 0 Å². The molecule has 0 amide bonds. The summed E-state index contributed by atoms with van der Waals surface area (Å²) in [5.41, 5.74) is 1.23. The predicted molar refractivity (Wildman–Crippen MR) is 65.2 cm³/mol. The summed E-state index contributed by atoms with van der Waals surface area (Å²) in [5.74, 6) is 0.0234. The van der Waals surface area contributed by atoms with Gasteiger partial charge in [0.05, 0.1) is 6.10 Å². The lowest BCUT2D eigenvalue weighted by molar-refractivity contribution is -0.112. The van der Waals surface area contributed by atoms with E-state index in [4.69, 9.17) is 0 Å². The molecule has 1 atom stereocenters. The van der Waals surface area contributed by atoms with E-state index < -0.39 is 0 Å². The quantitative estimate of drug-likeness (QED) is 0.745. The number of aryl methyl sites for hydroxylation is 1. The second-order valence-electron chi connectivity index (χ2n) is 3.93. The molecule has 0 aromatic heterocycles. The van der Waals surface area contributed by atoms with Gasteiger partial charge in [-0.2, -0.15) is 0 Å². The molecular weight excluding hydrogens is 200 g/mol. The second kappa shape index (κ2) is 6.96. The first-order chi connectivity index (χ1) is 7.68. The zero-order valence-electron chi connectivity index (χ0n) is 9.60. The van der Waals surface area contributed by atoms with Gasteiger partial charge in [-0.3, -0.25) is 4.79 Å². The summed E-state index contributed by atoms with van der Waals surface area (Å²) in [4.78, 5) is 10.6. The number of allylic oxidation sites excluding steroid dienone is 1. The normalized spacial score (nSPS) is 12.9. The molecule has 2 nitrogen and oxygen atoms in total. The van der Waals surface area contributed by atoms with Crippen molar-refractivity contribution in [3.63, 3.8) is 0 Å². The van der Waals surface area contributed by atoms with Gasteiger partial charge in [0.1, 0.15) is 0 Å². The Morgan fingerprint density at radius 1 is 1.38 bits per heavy atom. The van der Waals surface area contributed by atoms with E-state index in [-0.39, 0.29) is 11.9 Å². The highest BCUT2D eigenvalue weighted by Gasteiger charge is 2.02. The summed E-state index contributed by atoms with van der Waals surface area (Å²) in [6, 6.07) is 10.1. The van der Waals surface area contributed by atoms with Crippen LogP contribution in [-0.2, 0) is 11.2 Å². The maximum atomic E-state index is 10.6. The summed E-state index contributed by atoms with van der Waals surface area (Å²) in [7, 11) is 0. The molecule has 0 spiro atoms. The highest BCUT2D eigenvalue weighted by molar-refractivity contribution is 5.87. The molecule has 0 saturated carbocycles. The van der Waals surface area contributed by atoms with Crippen LogP contribution in [0.5, 0.6) is 0 Å². The van der Waals surface area contributed by atoms with Crippen molar-refractivity contribution < 1.29 is 9.90 Å². The fraction of sp³-hybridized carbons (Fsp3) is 0.357. The van der Waals surface area contributed by atoms with Crippen molar-refractivity contribution in [3.05, 3.63) is 48.0 Å². The van der Waals surface area contributed by atoms with Gasteiger partial charge in [0.2, 0.25) is 0 Å². The number of aliphatic hydroxyl groups excluding tert-OH is 1. The average Bonchev–Trinajstić information content (AvgIpc) is 2.27. The maximum Gasteiger partial charge on any atom is 0.152 e. The van der Waals surface area contributed by atoms with E-state index in [9.17, 15) is 9.90 Å². The average molecular weight is 218 g/mol. The van der Waals surface area contributed by atoms with Crippen molar-refractivity contribution in [2.75, 3.05) is 0 Å². The van der Waals surface area contributed by atoms with Gasteiger partial charge in [-0.1, -0.05) is 36.4 Å². The molecule has 1 rings (SSSR count). The van der Waals surface area contributed by atoms with E-state index in [1.54, 1.807) is 6.08 Å². The second-order valence-corrected chi connectivity index (χ2v) is 3.93. The third kappa shape index (κ3) is 5.47. The molecule has 0 unspecified atom stereocenters. The van der Waals surface area contributed by atoms with Crippen LogP contribution in [0.4, 0.5) is 0 Å². The summed E-state index contributed by atoms with van der Waals surface area (Å²) in [6.07, 6.45) is 5.02. The minimum Gasteiger partial charge on any atom is -0.393 e. The Kier molecular flexibility index (Phi) is 5.51. The molecule has 1 N–H and O–H groups in total. The Hall–Kier alpha value is -1.41. The number of benzene rings is 1. The topological polar surface area (TPSA) is 37.3 Å². The highest BCUT2D eigenvalue weighted by Crippen LogP contribution is 2.07. The molecule has 0 radical (unpaired) electrons. The third-order valence-corrected chi connectivity index (χ3v) is 2.37. The third-order valence-electron chi connectivity index (χ3n) is 2.37. The summed E-state index contributed by atoms with van der Waals surface area (Å²) in [6.45, 7) is 1.51. The van der Waals surface area contributed by atoms with Crippen molar-refractivity contribution in [2.45, 2.75) is 32.3 Å². The van der Waals surface area contributed by atoms with Gasteiger partial charge in [-0.25, -0.2) is 0 Å². The number of hydrogen-bond acceptors (Lipinski definition) is 2. The van der Waals surface area contributed by atoms with E-state index in [1.165, 1.54) is 18.6 Å². The summed E-state index contributed by atoms with van der Waals surface area (Å²) < 4.78 is 0. The van der Waals surface area contributed by atoms with Gasteiger partial charge in [0, 0.05) is 0 Å². The van der Waals surface area contributed by atoms with Crippen molar-refractivity contribution in [1.82, 2.24) is 0 Å². The Morgan fingerprint density at radius 3 is 2.69 bits per heavy atom. The lowest BCUT2D eigenvalue weighted by Crippen LogP contribution is -2.06. The van der Waals surface area contributed by atoms with Crippen molar-refractivity contribution in [2.24, 2.45) is 0 Å². The zero-order valence-corrected chi connectivity index (χ0v) is 9.60. The van der Waals surface area contributed by atoms with Gasteiger partial charge in [0.25, 0.3) is 0 Å².